The number of aliphatic hydroxyl groups excluding tert-OH is 1. The van der Waals surface area contributed by atoms with Gasteiger partial charge in [0.15, 0.2) is 0 Å². The maximum absolute atomic E-state index is 13.7. The summed E-state index contributed by atoms with van der Waals surface area (Å²) < 4.78 is 26.6. The SMILES string of the molecule is CCCCC1CCC(C(O)c2ccc(F)cc2F)CC1. The monoisotopic (exact) mass is 282 g/mol. The van der Waals surface area contributed by atoms with Gasteiger partial charge in [0.25, 0.3) is 0 Å². The predicted octanol–water partition coefficient (Wildman–Crippen LogP) is 4.99. The molecule has 2 rings (SSSR count). The Hall–Kier alpha value is -0.960. The molecule has 1 N–H and O–H groups in total. The van der Waals surface area contributed by atoms with Gasteiger partial charge in [-0.3, -0.25) is 0 Å². The van der Waals surface area contributed by atoms with Crippen molar-refractivity contribution < 1.29 is 13.9 Å². The summed E-state index contributed by atoms with van der Waals surface area (Å²) in [7, 11) is 0. The van der Waals surface area contributed by atoms with E-state index in [0.717, 1.165) is 37.7 Å². The molecule has 0 amide bonds. The zero-order valence-corrected chi connectivity index (χ0v) is 12.1. The average molecular weight is 282 g/mol. The molecule has 0 bridgehead atoms. The van der Waals surface area contributed by atoms with E-state index in [4.69, 9.17) is 0 Å². The third-order valence-corrected chi connectivity index (χ3v) is 4.58. The molecule has 1 aliphatic rings. The van der Waals surface area contributed by atoms with E-state index in [1.165, 1.54) is 31.4 Å². The van der Waals surface area contributed by atoms with Gasteiger partial charge in [0.05, 0.1) is 6.10 Å². The van der Waals surface area contributed by atoms with Crippen LogP contribution < -0.4 is 0 Å². The predicted molar refractivity (Wildman–Crippen MR) is 76.3 cm³/mol. The Labute approximate surface area is 120 Å². The second-order valence-corrected chi connectivity index (χ2v) is 6.03. The maximum Gasteiger partial charge on any atom is 0.131 e. The summed E-state index contributed by atoms with van der Waals surface area (Å²) in [6.07, 6.45) is 7.06. The van der Waals surface area contributed by atoms with E-state index >= 15 is 0 Å². The minimum atomic E-state index is -0.803. The first-order chi connectivity index (χ1) is 9.61. The number of unbranched alkanes of at least 4 members (excludes halogenated alkanes) is 1. The van der Waals surface area contributed by atoms with Crippen molar-refractivity contribution in [2.24, 2.45) is 11.8 Å². The van der Waals surface area contributed by atoms with Gasteiger partial charge in [-0.15, -0.1) is 0 Å². The van der Waals surface area contributed by atoms with E-state index < -0.39 is 17.7 Å². The molecule has 0 aliphatic heterocycles. The van der Waals surface area contributed by atoms with Crippen molar-refractivity contribution in [3.05, 3.63) is 35.4 Å². The normalized spacial score (nSPS) is 24.6. The largest absolute Gasteiger partial charge is 0.388 e. The summed E-state index contributed by atoms with van der Waals surface area (Å²) in [6.45, 7) is 2.20. The lowest BCUT2D eigenvalue weighted by molar-refractivity contribution is 0.0691. The van der Waals surface area contributed by atoms with E-state index in [1.807, 2.05) is 0 Å². The zero-order valence-electron chi connectivity index (χ0n) is 12.1. The van der Waals surface area contributed by atoms with Crippen molar-refractivity contribution in [2.45, 2.75) is 58.0 Å². The van der Waals surface area contributed by atoms with Gasteiger partial charge in [0, 0.05) is 11.6 Å². The topological polar surface area (TPSA) is 20.2 Å². The van der Waals surface area contributed by atoms with E-state index in [1.54, 1.807) is 0 Å². The Morgan fingerprint density at radius 1 is 1.20 bits per heavy atom. The second kappa shape index (κ2) is 7.16. The molecule has 1 aromatic carbocycles. The van der Waals surface area contributed by atoms with E-state index in [0.29, 0.717) is 0 Å². The zero-order chi connectivity index (χ0) is 14.5. The summed E-state index contributed by atoms with van der Waals surface area (Å²) in [5, 5.41) is 10.3. The van der Waals surface area contributed by atoms with Gasteiger partial charge >= 0.3 is 0 Å². The van der Waals surface area contributed by atoms with Gasteiger partial charge in [0.2, 0.25) is 0 Å². The fourth-order valence-electron chi connectivity index (χ4n) is 3.28. The minimum absolute atomic E-state index is 0.104. The highest BCUT2D eigenvalue weighted by atomic mass is 19.1. The van der Waals surface area contributed by atoms with E-state index in [2.05, 4.69) is 6.92 Å². The molecule has 3 heteroatoms. The molecule has 0 saturated heterocycles. The smallest absolute Gasteiger partial charge is 0.131 e. The van der Waals surface area contributed by atoms with Crippen LogP contribution in [0.2, 0.25) is 0 Å². The van der Waals surface area contributed by atoms with Crippen LogP contribution in [0.25, 0.3) is 0 Å². The van der Waals surface area contributed by atoms with Crippen molar-refractivity contribution in [1.82, 2.24) is 0 Å². The average Bonchev–Trinajstić information content (AvgIpc) is 2.45. The molecule has 20 heavy (non-hydrogen) atoms. The molecule has 0 spiro atoms. The Kier molecular flexibility index (Phi) is 5.53. The first-order valence-corrected chi connectivity index (χ1v) is 7.74. The lowest BCUT2D eigenvalue weighted by Crippen LogP contribution is -2.21. The van der Waals surface area contributed by atoms with Crippen LogP contribution in [0.4, 0.5) is 8.78 Å². The first-order valence-electron chi connectivity index (χ1n) is 7.74. The van der Waals surface area contributed by atoms with Gasteiger partial charge in [0.1, 0.15) is 11.6 Å². The molecule has 112 valence electrons. The molecule has 1 aliphatic carbocycles. The lowest BCUT2D eigenvalue weighted by Gasteiger charge is -2.31. The summed E-state index contributed by atoms with van der Waals surface area (Å²) >= 11 is 0. The third-order valence-electron chi connectivity index (χ3n) is 4.58. The highest BCUT2D eigenvalue weighted by Crippen LogP contribution is 2.39. The van der Waals surface area contributed by atoms with Gasteiger partial charge in [-0.2, -0.15) is 0 Å². The number of halogens is 2. The molecule has 1 unspecified atom stereocenters. The Bertz CT molecular complexity index is 425. The van der Waals surface area contributed by atoms with Crippen LogP contribution in [-0.4, -0.2) is 5.11 Å². The van der Waals surface area contributed by atoms with Gasteiger partial charge in [-0.25, -0.2) is 8.78 Å². The van der Waals surface area contributed by atoms with Crippen LogP contribution in [-0.2, 0) is 0 Å². The molecule has 1 nitrogen and oxygen atoms in total. The molecule has 0 aromatic heterocycles. The van der Waals surface area contributed by atoms with Crippen molar-refractivity contribution in [2.75, 3.05) is 0 Å². The molecular weight excluding hydrogens is 258 g/mol. The quantitative estimate of drug-likeness (QED) is 0.806. The molecule has 0 heterocycles. The van der Waals surface area contributed by atoms with Crippen LogP contribution in [0.15, 0.2) is 18.2 Å². The molecular formula is C17H24F2O. The molecule has 1 aromatic rings. The van der Waals surface area contributed by atoms with Crippen molar-refractivity contribution in [3.63, 3.8) is 0 Å². The number of benzene rings is 1. The van der Waals surface area contributed by atoms with Gasteiger partial charge < -0.3 is 5.11 Å². The Balaban J connectivity index is 1.92. The Morgan fingerprint density at radius 2 is 1.90 bits per heavy atom. The summed E-state index contributed by atoms with van der Waals surface area (Å²) in [6, 6.07) is 3.44. The highest BCUT2D eigenvalue weighted by molar-refractivity contribution is 5.21. The van der Waals surface area contributed by atoms with Crippen LogP contribution in [0.3, 0.4) is 0 Å². The first kappa shape index (κ1) is 15.4. The van der Waals surface area contributed by atoms with Crippen molar-refractivity contribution in [3.8, 4) is 0 Å². The summed E-state index contributed by atoms with van der Waals surface area (Å²) in [4.78, 5) is 0. The van der Waals surface area contributed by atoms with Gasteiger partial charge in [-0.05, 0) is 30.7 Å². The summed E-state index contributed by atoms with van der Waals surface area (Å²) in [5.41, 5.74) is 0.239. The molecule has 0 radical (unpaired) electrons. The standard InChI is InChI=1S/C17H24F2O/c1-2-3-4-12-5-7-13(8-6-12)17(20)15-10-9-14(18)11-16(15)19/h9-13,17,20H,2-8H2,1H3. The molecule has 1 atom stereocenters. The van der Waals surface area contributed by atoms with Crippen molar-refractivity contribution >= 4 is 0 Å². The number of hydrogen-bond donors (Lipinski definition) is 1. The maximum atomic E-state index is 13.7. The summed E-state index contributed by atoms with van der Waals surface area (Å²) in [5.74, 6) is -0.364. The van der Waals surface area contributed by atoms with Crippen LogP contribution in [0.5, 0.6) is 0 Å². The second-order valence-electron chi connectivity index (χ2n) is 6.03. The fraction of sp³-hybridized carbons (Fsp3) is 0.647. The molecule has 1 saturated carbocycles. The highest BCUT2D eigenvalue weighted by Gasteiger charge is 2.28. The number of aliphatic hydroxyl groups is 1. The van der Waals surface area contributed by atoms with Crippen LogP contribution >= 0.6 is 0 Å². The van der Waals surface area contributed by atoms with Crippen molar-refractivity contribution in [1.29, 1.82) is 0 Å². The minimum Gasteiger partial charge on any atom is -0.388 e. The van der Waals surface area contributed by atoms with Crippen LogP contribution in [0, 0.1) is 23.5 Å². The van der Waals surface area contributed by atoms with Crippen LogP contribution in [0.1, 0.15) is 63.5 Å². The number of rotatable bonds is 5. The van der Waals surface area contributed by atoms with E-state index in [9.17, 15) is 13.9 Å². The van der Waals surface area contributed by atoms with Gasteiger partial charge in [-0.1, -0.05) is 45.1 Å². The third kappa shape index (κ3) is 3.78. The number of hydrogen-bond acceptors (Lipinski definition) is 1. The Morgan fingerprint density at radius 3 is 2.50 bits per heavy atom. The lowest BCUT2D eigenvalue weighted by atomic mass is 9.76. The fourth-order valence-corrected chi connectivity index (χ4v) is 3.28. The molecule has 1 fully saturated rings. The van der Waals surface area contributed by atoms with E-state index in [-0.39, 0.29) is 11.5 Å².